The van der Waals surface area contributed by atoms with Crippen LogP contribution in [-0.4, -0.2) is 22.6 Å². The molecule has 1 unspecified atom stereocenters. The minimum atomic E-state index is 0.277. The summed E-state index contributed by atoms with van der Waals surface area (Å²) in [7, 11) is 0. The van der Waals surface area contributed by atoms with E-state index in [4.69, 9.17) is 16.3 Å². The molecule has 2 aromatic heterocycles. The Morgan fingerprint density at radius 2 is 2.30 bits per heavy atom. The van der Waals surface area contributed by atoms with E-state index in [0.717, 1.165) is 12.2 Å². The molecule has 2 rings (SSSR count). The van der Waals surface area contributed by atoms with Gasteiger partial charge in [-0.2, -0.15) is 0 Å². The Hall–Kier alpha value is -1.17. The number of aromatic nitrogens is 2. The summed E-state index contributed by atoms with van der Waals surface area (Å²) in [5, 5.41) is 5.87. The van der Waals surface area contributed by atoms with Crippen molar-refractivity contribution in [1.29, 1.82) is 0 Å². The van der Waals surface area contributed by atoms with Gasteiger partial charge in [0.1, 0.15) is 17.6 Å². The van der Waals surface area contributed by atoms with E-state index in [1.165, 1.54) is 4.88 Å². The van der Waals surface area contributed by atoms with E-state index < -0.39 is 0 Å². The number of ether oxygens (including phenoxy) is 1. The van der Waals surface area contributed by atoms with Crippen LogP contribution in [0.5, 0.6) is 0 Å². The lowest BCUT2D eigenvalue weighted by Crippen LogP contribution is -2.19. The average Bonchev–Trinajstić information content (AvgIpc) is 2.88. The van der Waals surface area contributed by atoms with Gasteiger partial charge in [-0.05, 0) is 25.3 Å². The van der Waals surface area contributed by atoms with Gasteiger partial charge in [0.2, 0.25) is 0 Å². The van der Waals surface area contributed by atoms with Gasteiger partial charge in [-0.25, -0.2) is 9.97 Å². The number of hydrogen-bond acceptors (Lipinski definition) is 5. The van der Waals surface area contributed by atoms with Gasteiger partial charge in [-0.15, -0.1) is 11.3 Å². The SMILES string of the molecule is CCOCc1nc(Cl)cc(NC(C)Cc2cccs2)n1. The van der Waals surface area contributed by atoms with E-state index in [1.54, 1.807) is 17.4 Å². The third-order valence-electron chi connectivity index (χ3n) is 2.66. The maximum Gasteiger partial charge on any atom is 0.158 e. The summed E-state index contributed by atoms with van der Waals surface area (Å²) in [5.74, 6) is 1.34. The quantitative estimate of drug-likeness (QED) is 0.791. The standard InChI is InChI=1S/C14H18ClN3OS/c1-3-19-9-14-17-12(15)8-13(18-14)16-10(2)7-11-5-4-6-20-11/h4-6,8,10H,3,7,9H2,1-2H3,(H,16,17,18). The maximum absolute atomic E-state index is 6.01. The largest absolute Gasteiger partial charge is 0.374 e. The Labute approximate surface area is 128 Å². The number of halogens is 1. The highest BCUT2D eigenvalue weighted by Crippen LogP contribution is 2.16. The van der Waals surface area contributed by atoms with Crippen molar-refractivity contribution in [3.8, 4) is 0 Å². The first-order valence-electron chi connectivity index (χ1n) is 6.57. The van der Waals surface area contributed by atoms with E-state index in [-0.39, 0.29) is 6.04 Å². The van der Waals surface area contributed by atoms with Gasteiger partial charge in [-0.1, -0.05) is 17.7 Å². The number of thiophene rings is 1. The van der Waals surface area contributed by atoms with Crippen molar-refractivity contribution in [3.63, 3.8) is 0 Å². The molecule has 2 aromatic rings. The number of anilines is 1. The van der Waals surface area contributed by atoms with Gasteiger partial charge in [-0.3, -0.25) is 0 Å². The molecule has 0 bridgehead atoms. The van der Waals surface area contributed by atoms with E-state index in [9.17, 15) is 0 Å². The first kappa shape index (κ1) is 15.2. The normalized spacial score (nSPS) is 12.3. The number of nitrogens with one attached hydrogen (secondary N) is 1. The van der Waals surface area contributed by atoms with Gasteiger partial charge in [0.05, 0.1) is 0 Å². The Balaban J connectivity index is 1.98. The van der Waals surface area contributed by atoms with Crippen LogP contribution in [0.1, 0.15) is 24.5 Å². The van der Waals surface area contributed by atoms with E-state index in [0.29, 0.717) is 24.2 Å². The fourth-order valence-corrected chi connectivity index (χ4v) is 2.87. The van der Waals surface area contributed by atoms with Crippen molar-refractivity contribution in [2.75, 3.05) is 11.9 Å². The van der Waals surface area contributed by atoms with Crippen molar-refractivity contribution in [2.45, 2.75) is 32.9 Å². The van der Waals surface area contributed by atoms with E-state index in [2.05, 4.69) is 39.7 Å². The summed E-state index contributed by atoms with van der Waals surface area (Å²) in [6, 6.07) is 6.21. The molecule has 0 saturated heterocycles. The molecule has 2 heterocycles. The second-order valence-electron chi connectivity index (χ2n) is 4.46. The van der Waals surface area contributed by atoms with Crippen LogP contribution in [0.3, 0.4) is 0 Å². The zero-order valence-corrected chi connectivity index (χ0v) is 13.2. The number of rotatable bonds is 7. The second-order valence-corrected chi connectivity index (χ2v) is 5.88. The molecule has 0 amide bonds. The summed E-state index contributed by atoms with van der Waals surface area (Å²) in [4.78, 5) is 9.90. The molecule has 0 radical (unpaired) electrons. The molecule has 1 atom stereocenters. The van der Waals surface area contributed by atoms with Crippen molar-refractivity contribution in [2.24, 2.45) is 0 Å². The van der Waals surface area contributed by atoms with Crippen LogP contribution < -0.4 is 5.32 Å². The zero-order valence-electron chi connectivity index (χ0n) is 11.6. The third-order valence-corrected chi connectivity index (χ3v) is 3.75. The minimum absolute atomic E-state index is 0.277. The van der Waals surface area contributed by atoms with Crippen LogP contribution in [0.15, 0.2) is 23.6 Å². The Bertz CT molecular complexity index is 533. The van der Waals surface area contributed by atoms with E-state index in [1.807, 2.05) is 6.92 Å². The molecule has 0 aliphatic rings. The Morgan fingerprint density at radius 3 is 3.00 bits per heavy atom. The molecule has 0 aromatic carbocycles. The van der Waals surface area contributed by atoms with Gasteiger partial charge < -0.3 is 10.1 Å². The van der Waals surface area contributed by atoms with Crippen LogP contribution in [0.2, 0.25) is 5.15 Å². The summed E-state index contributed by atoms with van der Waals surface area (Å²) in [6.45, 7) is 5.07. The molecule has 20 heavy (non-hydrogen) atoms. The van der Waals surface area contributed by atoms with Crippen LogP contribution in [-0.2, 0) is 17.8 Å². The maximum atomic E-state index is 6.01. The molecular weight excluding hydrogens is 294 g/mol. The fraction of sp³-hybridized carbons (Fsp3) is 0.429. The minimum Gasteiger partial charge on any atom is -0.374 e. The predicted octanol–water partition coefficient (Wildman–Crippen LogP) is 3.77. The van der Waals surface area contributed by atoms with E-state index >= 15 is 0 Å². The highest BCUT2D eigenvalue weighted by Gasteiger charge is 2.08. The molecule has 6 heteroatoms. The predicted molar refractivity (Wildman–Crippen MR) is 83.5 cm³/mol. The molecule has 108 valence electrons. The Morgan fingerprint density at radius 1 is 1.45 bits per heavy atom. The van der Waals surface area contributed by atoms with Gasteiger partial charge in [0.25, 0.3) is 0 Å². The first-order valence-corrected chi connectivity index (χ1v) is 7.83. The topological polar surface area (TPSA) is 47.0 Å². The summed E-state index contributed by atoms with van der Waals surface area (Å²) >= 11 is 7.77. The lowest BCUT2D eigenvalue weighted by atomic mass is 10.2. The highest BCUT2D eigenvalue weighted by molar-refractivity contribution is 7.09. The molecule has 0 spiro atoms. The summed E-state index contributed by atoms with van der Waals surface area (Å²) in [6.07, 6.45) is 0.958. The average molecular weight is 312 g/mol. The smallest absolute Gasteiger partial charge is 0.158 e. The zero-order chi connectivity index (χ0) is 14.4. The lowest BCUT2D eigenvalue weighted by Gasteiger charge is -2.14. The van der Waals surface area contributed by atoms with Crippen LogP contribution in [0.4, 0.5) is 5.82 Å². The monoisotopic (exact) mass is 311 g/mol. The van der Waals surface area contributed by atoms with Crippen molar-refractivity contribution in [3.05, 3.63) is 39.4 Å². The molecular formula is C14H18ClN3OS. The van der Waals surface area contributed by atoms with Crippen molar-refractivity contribution >= 4 is 28.8 Å². The number of nitrogens with zero attached hydrogens (tertiary/aromatic N) is 2. The summed E-state index contributed by atoms with van der Waals surface area (Å²) < 4.78 is 5.31. The molecule has 1 N–H and O–H groups in total. The van der Waals surface area contributed by atoms with Crippen LogP contribution in [0, 0.1) is 0 Å². The first-order chi connectivity index (χ1) is 9.67. The highest BCUT2D eigenvalue weighted by atomic mass is 35.5. The van der Waals surface area contributed by atoms with Gasteiger partial charge in [0, 0.05) is 30.0 Å². The third kappa shape index (κ3) is 4.74. The summed E-state index contributed by atoms with van der Waals surface area (Å²) in [5.41, 5.74) is 0. The van der Waals surface area contributed by atoms with Crippen LogP contribution in [0.25, 0.3) is 0 Å². The van der Waals surface area contributed by atoms with Crippen LogP contribution >= 0.6 is 22.9 Å². The second kappa shape index (κ2) is 7.57. The van der Waals surface area contributed by atoms with Gasteiger partial charge >= 0.3 is 0 Å². The lowest BCUT2D eigenvalue weighted by molar-refractivity contribution is 0.128. The Kier molecular flexibility index (Phi) is 5.76. The molecule has 0 aliphatic heterocycles. The molecule has 4 nitrogen and oxygen atoms in total. The van der Waals surface area contributed by atoms with Crippen molar-refractivity contribution in [1.82, 2.24) is 9.97 Å². The molecule has 0 aliphatic carbocycles. The molecule has 0 fully saturated rings. The number of hydrogen-bond donors (Lipinski definition) is 1. The van der Waals surface area contributed by atoms with Crippen molar-refractivity contribution < 1.29 is 4.74 Å². The van der Waals surface area contributed by atoms with Gasteiger partial charge in [0.15, 0.2) is 5.82 Å². The fourth-order valence-electron chi connectivity index (χ4n) is 1.83. The molecule has 0 saturated carbocycles.